The first-order valence-corrected chi connectivity index (χ1v) is 13.9. The SMILES string of the molecule is C=CCn1c(CSc2ccc(C)cc2)nnc1SCC(=O)Nc1ccccc1Sc1ccccc1. The summed E-state index contributed by atoms with van der Waals surface area (Å²) < 4.78 is 2.02. The molecule has 4 aromatic rings. The van der Waals surface area contributed by atoms with Gasteiger partial charge in [0.25, 0.3) is 0 Å². The van der Waals surface area contributed by atoms with Crippen molar-refractivity contribution in [3.05, 3.63) is 103 Å². The Labute approximate surface area is 218 Å². The number of carbonyl (C=O) groups excluding carboxylic acids is 1. The molecule has 0 aliphatic carbocycles. The molecule has 1 amide bonds. The van der Waals surface area contributed by atoms with E-state index in [-0.39, 0.29) is 11.7 Å². The van der Waals surface area contributed by atoms with Crippen LogP contribution in [0.5, 0.6) is 0 Å². The Kier molecular flexibility index (Phi) is 9.11. The van der Waals surface area contributed by atoms with Crippen LogP contribution < -0.4 is 5.32 Å². The van der Waals surface area contributed by atoms with Crippen LogP contribution >= 0.6 is 35.3 Å². The number of benzene rings is 3. The Balaban J connectivity index is 1.37. The summed E-state index contributed by atoms with van der Waals surface area (Å²) in [7, 11) is 0. The number of amides is 1. The number of anilines is 1. The van der Waals surface area contributed by atoms with E-state index < -0.39 is 0 Å². The summed E-state index contributed by atoms with van der Waals surface area (Å²) in [5.41, 5.74) is 2.04. The maximum absolute atomic E-state index is 12.8. The van der Waals surface area contributed by atoms with Gasteiger partial charge in [-0.05, 0) is 43.3 Å². The van der Waals surface area contributed by atoms with Gasteiger partial charge in [-0.1, -0.05) is 77.6 Å². The number of nitrogens with one attached hydrogen (secondary N) is 1. The van der Waals surface area contributed by atoms with E-state index in [2.05, 4.69) is 65.4 Å². The zero-order valence-electron chi connectivity index (χ0n) is 19.4. The first kappa shape index (κ1) is 25.2. The van der Waals surface area contributed by atoms with Crippen LogP contribution in [0.2, 0.25) is 0 Å². The molecular formula is C27H26N4OS3. The second-order valence-corrected chi connectivity index (χ2v) is 10.8. The van der Waals surface area contributed by atoms with Crippen molar-refractivity contribution in [3.8, 4) is 0 Å². The van der Waals surface area contributed by atoms with Crippen molar-refractivity contribution in [3.63, 3.8) is 0 Å². The third-order valence-electron chi connectivity index (χ3n) is 4.96. The van der Waals surface area contributed by atoms with Crippen LogP contribution in [-0.4, -0.2) is 26.4 Å². The lowest BCUT2D eigenvalue weighted by molar-refractivity contribution is -0.113. The fraction of sp³-hybridized carbons (Fsp3) is 0.148. The van der Waals surface area contributed by atoms with Gasteiger partial charge in [0.1, 0.15) is 5.82 Å². The summed E-state index contributed by atoms with van der Waals surface area (Å²) >= 11 is 4.72. The number of aryl methyl sites for hydroxylation is 1. The van der Waals surface area contributed by atoms with Crippen LogP contribution in [0.15, 0.2) is 111 Å². The summed E-state index contributed by atoms with van der Waals surface area (Å²) in [4.78, 5) is 16.1. The average Bonchev–Trinajstić information content (AvgIpc) is 3.26. The molecule has 8 heteroatoms. The van der Waals surface area contributed by atoms with Gasteiger partial charge in [-0.3, -0.25) is 4.79 Å². The monoisotopic (exact) mass is 518 g/mol. The lowest BCUT2D eigenvalue weighted by Gasteiger charge is -2.11. The van der Waals surface area contributed by atoms with Crippen molar-refractivity contribution >= 4 is 46.9 Å². The number of allylic oxidation sites excluding steroid dienone is 1. The van der Waals surface area contributed by atoms with Crippen molar-refractivity contribution in [1.82, 2.24) is 14.8 Å². The van der Waals surface area contributed by atoms with Gasteiger partial charge in [0.15, 0.2) is 5.16 Å². The van der Waals surface area contributed by atoms with Crippen molar-refractivity contribution < 1.29 is 4.79 Å². The quantitative estimate of drug-likeness (QED) is 0.171. The third kappa shape index (κ3) is 7.27. The molecular weight excluding hydrogens is 493 g/mol. The number of thioether (sulfide) groups is 2. The molecule has 0 radical (unpaired) electrons. The molecule has 5 nitrogen and oxygen atoms in total. The van der Waals surface area contributed by atoms with E-state index in [1.165, 1.54) is 22.2 Å². The topological polar surface area (TPSA) is 59.8 Å². The number of para-hydroxylation sites is 1. The average molecular weight is 519 g/mol. The Hall–Kier alpha value is -2.94. The standard InChI is InChI=1S/C27H26N4OS3/c1-3-17-31-25(18-33-21-15-13-20(2)14-16-21)29-30-27(31)34-19-26(32)28-23-11-7-8-12-24(23)35-22-9-5-4-6-10-22/h3-16H,1,17-19H2,2H3,(H,28,32). The van der Waals surface area contributed by atoms with E-state index >= 15 is 0 Å². The van der Waals surface area contributed by atoms with E-state index in [0.29, 0.717) is 17.5 Å². The van der Waals surface area contributed by atoms with Crippen LogP contribution in [-0.2, 0) is 17.1 Å². The van der Waals surface area contributed by atoms with Crippen LogP contribution in [0.4, 0.5) is 5.69 Å². The van der Waals surface area contributed by atoms with Crippen molar-refractivity contribution in [2.45, 2.75) is 39.1 Å². The first-order chi connectivity index (χ1) is 17.1. The summed E-state index contributed by atoms with van der Waals surface area (Å²) in [6.45, 7) is 6.54. The van der Waals surface area contributed by atoms with Gasteiger partial charge in [0, 0.05) is 21.2 Å². The maximum Gasteiger partial charge on any atom is 0.234 e. The Morgan fingerprint density at radius 1 is 0.943 bits per heavy atom. The van der Waals surface area contributed by atoms with Crippen LogP contribution in [0.3, 0.4) is 0 Å². The normalized spacial score (nSPS) is 10.8. The second kappa shape index (κ2) is 12.7. The highest BCUT2D eigenvalue weighted by Crippen LogP contribution is 2.33. The minimum atomic E-state index is -0.0835. The van der Waals surface area contributed by atoms with Gasteiger partial charge in [0.2, 0.25) is 5.91 Å². The zero-order chi connectivity index (χ0) is 24.5. The Morgan fingerprint density at radius 2 is 1.69 bits per heavy atom. The molecule has 178 valence electrons. The molecule has 1 aromatic heterocycles. The zero-order valence-corrected chi connectivity index (χ0v) is 21.8. The highest BCUT2D eigenvalue weighted by molar-refractivity contribution is 8.00. The first-order valence-electron chi connectivity index (χ1n) is 11.1. The van der Waals surface area contributed by atoms with Gasteiger partial charge in [-0.15, -0.1) is 28.5 Å². The molecule has 35 heavy (non-hydrogen) atoms. The predicted octanol–water partition coefficient (Wildman–Crippen LogP) is 6.95. The second-order valence-electron chi connectivity index (χ2n) is 7.65. The molecule has 0 atom stereocenters. The molecule has 1 heterocycles. The fourth-order valence-corrected chi connectivity index (χ4v) is 5.75. The van der Waals surface area contributed by atoms with Gasteiger partial charge >= 0.3 is 0 Å². The van der Waals surface area contributed by atoms with Crippen LogP contribution in [0, 0.1) is 6.92 Å². The molecule has 0 unspecified atom stereocenters. The lowest BCUT2D eigenvalue weighted by atomic mass is 10.2. The summed E-state index contributed by atoms with van der Waals surface area (Å²) in [6.07, 6.45) is 1.82. The molecule has 0 fully saturated rings. The van der Waals surface area contributed by atoms with Crippen molar-refractivity contribution in [2.75, 3.05) is 11.1 Å². The molecule has 0 bridgehead atoms. The predicted molar refractivity (Wildman–Crippen MR) is 147 cm³/mol. The van der Waals surface area contributed by atoms with Gasteiger partial charge in [-0.25, -0.2) is 0 Å². The molecule has 3 aromatic carbocycles. The highest BCUT2D eigenvalue weighted by Gasteiger charge is 2.15. The number of hydrogen-bond acceptors (Lipinski definition) is 6. The summed E-state index contributed by atoms with van der Waals surface area (Å²) in [5.74, 6) is 1.72. The summed E-state index contributed by atoms with van der Waals surface area (Å²) in [6, 6.07) is 26.4. The molecule has 0 aliphatic heterocycles. The minimum absolute atomic E-state index is 0.0835. The summed E-state index contributed by atoms with van der Waals surface area (Å²) in [5, 5.41) is 12.5. The lowest BCUT2D eigenvalue weighted by Crippen LogP contribution is -2.15. The highest BCUT2D eigenvalue weighted by atomic mass is 32.2. The molecule has 0 saturated carbocycles. The number of hydrogen-bond donors (Lipinski definition) is 1. The fourth-order valence-electron chi connectivity index (χ4n) is 3.22. The van der Waals surface area contributed by atoms with Crippen molar-refractivity contribution in [2.24, 2.45) is 0 Å². The van der Waals surface area contributed by atoms with E-state index in [0.717, 1.165) is 21.3 Å². The number of aromatic nitrogens is 3. The Morgan fingerprint density at radius 3 is 2.46 bits per heavy atom. The molecule has 1 N–H and O–H groups in total. The smallest absolute Gasteiger partial charge is 0.234 e. The Bertz CT molecular complexity index is 1270. The number of carbonyl (C=O) groups is 1. The van der Waals surface area contributed by atoms with E-state index in [4.69, 9.17) is 0 Å². The van der Waals surface area contributed by atoms with E-state index in [1.54, 1.807) is 23.5 Å². The molecule has 0 spiro atoms. The molecule has 4 rings (SSSR count). The van der Waals surface area contributed by atoms with Crippen LogP contribution in [0.1, 0.15) is 11.4 Å². The number of nitrogens with zero attached hydrogens (tertiary/aromatic N) is 3. The van der Waals surface area contributed by atoms with Crippen LogP contribution in [0.25, 0.3) is 0 Å². The molecule has 0 saturated heterocycles. The van der Waals surface area contributed by atoms with Gasteiger partial charge in [0.05, 0.1) is 17.2 Å². The van der Waals surface area contributed by atoms with E-state index in [9.17, 15) is 4.79 Å². The van der Waals surface area contributed by atoms with Gasteiger partial charge < -0.3 is 9.88 Å². The maximum atomic E-state index is 12.8. The minimum Gasteiger partial charge on any atom is -0.324 e. The number of rotatable bonds is 11. The third-order valence-corrected chi connectivity index (χ3v) is 8.02. The molecule has 0 aliphatic rings. The van der Waals surface area contributed by atoms with Crippen molar-refractivity contribution in [1.29, 1.82) is 0 Å². The van der Waals surface area contributed by atoms with E-state index in [1.807, 2.05) is 53.1 Å². The largest absolute Gasteiger partial charge is 0.324 e. The van der Waals surface area contributed by atoms with Gasteiger partial charge in [-0.2, -0.15) is 0 Å².